The molecule has 2 aliphatic heterocycles. The summed E-state index contributed by atoms with van der Waals surface area (Å²) in [5, 5.41) is 11.5. The lowest BCUT2D eigenvalue weighted by Gasteiger charge is -2.50. The fourth-order valence-electron chi connectivity index (χ4n) is 4.65. The van der Waals surface area contributed by atoms with Crippen LogP contribution in [0.3, 0.4) is 0 Å². The number of alkyl halides is 3. The smallest absolute Gasteiger partial charge is 0.364 e. The van der Waals surface area contributed by atoms with Crippen LogP contribution in [-0.2, 0) is 6.18 Å². The Morgan fingerprint density at radius 2 is 1.84 bits per heavy atom. The first-order valence-corrected chi connectivity index (χ1v) is 10.3. The second kappa shape index (κ2) is 7.88. The molecule has 3 atom stereocenters. The summed E-state index contributed by atoms with van der Waals surface area (Å²) in [7, 11) is 0. The molecule has 32 heavy (non-hydrogen) atoms. The Morgan fingerprint density at radius 1 is 1.06 bits per heavy atom. The van der Waals surface area contributed by atoms with E-state index < -0.39 is 11.9 Å². The van der Waals surface area contributed by atoms with E-state index in [1.54, 1.807) is 30.6 Å². The summed E-state index contributed by atoms with van der Waals surface area (Å²) in [6.07, 6.45) is 3.02. The van der Waals surface area contributed by atoms with Gasteiger partial charge in [0.25, 0.3) is 5.91 Å². The van der Waals surface area contributed by atoms with Crippen LogP contribution in [0, 0.1) is 5.92 Å². The van der Waals surface area contributed by atoms with Crippen molar-refractivity contribution < 1.29 is 18.0 Å². The molecule has 1 aromatic carbocycles. The Bertz CT molecular complexity index is 1100. The van der Waals surface area contributed by atoms with Gasteiger partial charge in [0.15, 0.2) is 5.69 Å². The second-order valence-corrected chi connectivity index (χ2v) is 8.08. The molecule has 1 amide bonds. The molecule has 1 N–H and O–H groups in total. The van der Waals surface area contributed by atoms with Crippen molar-refractivity contribution in [1.29, 1.82) is 0 Å². The molecule has 8 nitrogen and oxygen atoms in total. The highest BCUT2D eigenvalue weighted by Crippen LogP contribution is 2.38. The van der Waals surface area contributed by atoms with E-state index in [9.17, 15) is 18.0 Å². The number of aromatic nitrogens is 5. The van der Waals surface area contributed by atoms with E-state index in [0.29, 0.717) is 23.7 Å². The van der Waals surface area contributed by atoms with Crippen molar-refractivity contribution in [3.8, 4) is 5.69 Å². The zero-order valence-electron chi connectivity index (χ0n) is 16.9. The molecule has 1 saturated carbocycles. The summed E-state index contributed by atoms with van der Waals surface area (Å²) in [6.45, 7) is 0.640. The van der Waals surface area contributed by atoms with Crippen LogP contribution in [-0.4, -0.2) is 54.4 Å². The summed E-state index contributed by atoms with van der Waals surface area (Å²) < 4.78 is 38.3. The normalized spacial score (nSPS) is 22.7. The number of fused-ring (bicyclic) bond motifs is 3. The third-order valence-electron chi connectivity index (χ3n) is 6.08. The zero-order chi connectivity index (χ0) is 22.3. The Balaban J connectivity index is 1.37. The Morgan fingerprint density at radius 3 is 2.53 bits per heavy atom. The largest absolute Gasteiger partial charge is 0.434 e. The van der Waals surface area contributed by atoms with Crippen molar-refractivity contribution in [3.05, 3.63) is 60.3 Å². The number of nitrogens with one attached hydrogen (secondary N) is 1. The summed E-state index contributed by atoms with van der Waals surface area (Å²) in [6, 6.07) is 6.96. The first-order chi connectivity index (χ1) is 15.4. The SMILES string of the molecule is O=C(c1ccccc1-n1nccn1)N1C[C@@H]2CC[C@H]1[C@H](Nc1cnc(C(F)(F)F)cn1)C2. The lowest BCUT2D eigenvalue weighted by molar-refractivity contribution is -0.141. The monoisotopic (exact) mass is 443 g/mol. The molecule has 3 aliphatic rings. The van der Waals surface area contributed by atoms with E-state index in [1.807, 2.05) is 11.0 Å². The Kier molecular flexibility index (Phi) is 5.03. The first-order valence-electron chi connectivity index (χ1n) is 10.3. The van der Waals surface area contributed by atoms with Crippen molar-refractivity contribution in [1.82, 2.24) is 29.9 Å². The Labute approximate surface area is 181 Å². The maximum Gasteiger partial charge on any atom is 0.434 e. The van der Waals surface area contributed by atoms with E-state index >= 15 is 0 Å². The molecule has 0 unspecified atom stereocenters. The fourth-order valence-corrected chi connectivity index (χ4v) is 4.65. The predicted octanol–water partition coefficient (Wildman–Crippen LogP) is 3.18. The van der Waals surface area contributed by atoms with Gasteiger partial charge in [0.05, 0.1) is 42.1 Å². The molecule has 2 bridgehead atoms. The van der Waals surface area contributed by atoms with Gasteiger partial charge >= 0.3 is 6.18 Å². The van der Waals surface area contributed by atoms with E-state index in [0.717, 1.165) is 31.7 Å². The second-order valence-electron chi connectivity index (χ2n) is 8.08. The molecule has 11 heteroatoms. The number of rotatable bonds is 4. The highest BCUT2D eigenvalue weighted by atomic mass is 19.4. The lowest BCUT2D eigenvalue weighted by Crippen LogP contribution is -2.59. The molecule has 6 rings (SSSR count). The van der Waals surface area contributed by atoms with Gasteiger partial charge in [-0.3, -0.25) is 4.79 Å². The first kappa shape index (κ1) is 20.4. The van der Waals surface area contributed by atoms with Gasteiger partial charge in [-0.15, -0.1) is 0 Å². The van der Waals surface area contributed by atoms with Gasteiger partial charge in [0.1, 0.15) is 5.82 Å². The summed E-state index contributed by atoms with van der Waals surface area (Å²) in [5.41, 5.74) is 0.0697. The van der Waals surface area contributed by atoms with Gasteiger partial charge in [-0.1, -0.05) is 12.1 Å². The summed E-state index contributed by atoms with van der Waals surface area (Å²) >= 11 is 0. The third-order valence-corrected chi connectivity index (χ3v) is 6.08. The van der Waals surface area contributed by atoms with Gasteiger partial charge in [-0.25, -0.2) is 9.97 Å². The molecule has 3 fully saturated rings. The number of piperidine rings is 2. The van der Waals surface area contributed by atoms with Gasteiger partial charge in [0.2, 0.25) is 0 Å². The summed E-state index contributed by atoms with van der Waals surface area (Å²) in [4.78, 5) is 24.2. The number of carbonyl (C=O) groups is 1. The molecule has 1 aliphatic carbocycles. The molecule has 2 saturated heterocycles. The van der Waals surface area contributed by atoms with Crippen LogP contribution in [0.2, 0.25) is 0 Å². The number of benzene rings is 1. The van der Waals surface area contributed by atoms with E-state index in [4.69, 9.17) is 0 Å². The number of halogens is 3. The standard InChI is InChI=1S/C21H20F3N7O/c22-21(23,24)18-10-26-19(11-25-18)29-15-9-13-5-6-17(15)30(12-13)20(32)14-3-1-2-4-16(14)31-27-7-8-28-31/h1-4,7-8,10-11,13,15,17H,5-6,9,12H2,(H,26,29)/t13-,15-,17+/m1/s1. The minimum absolute atomic E-state index is 0.102. The van der Waals surface area contributed by atoms with Crippen molar-refractivity contribution in [2.75, 3.05) is 11.9 Å². The van der Waals surface area contributed by atoms with Crippen LogP contribution in [0.4, 0.5) is 19.0 Å². The molecule has 0 spiro atoms. The predicted molar refractivity (Wildman–Crippen MR) is 108 cm³/mol. The van der Waals surface area contributed by atoms with Crippen molar-refractivity contribution in [2.45, 2.75) is 37.5 Å². The molecule has 166 valence electrons. The van der Waals surface area contributed by atoms with E-state index in [2.05, 4.69) is 25.5 Å². The van der Waals surface area contributed by atoms with Crippen LogP contribution in [0.1, 0.15) is 35.3 Å². The Hall–Kier alpha value is -3.50. The number of carbonyl (C=O) groups excluding carboxylic acids is 1. The number of para-hydroxylation sites is 1. The highest BCUT2D eigenvalue weighted by molar-refractivity contribution is 5.98. The topological polar surface area (TPSA) is 88.8 Å². The van der Waals surface area contributed by atoms with Gasteiger partial charge in [-0.05, 0) is 37.3 Å². The minimum Gasteiger partial charge on any atom is -0.364 e. The third kappa shape index (κ3) is 3.78. The van der Waals surface area contributed by atoms with Crippen molar-refractivity contribution in [3.63, 3.8) is 0 Å². The number of nitrogens with zero attached hydrogens (tertiary/aromatic N) is 6. The maximum absolute atomic E-state index is 13.5. The van der Waals surface area contributed by atoms with Gasteiger partial charge in [0, 0.05) is 12.6 Å². The minimum atomic E-state index is -4.53. The van der Waals surface area contributed by atoms with E-state index in [1.165, 1.54) is 4.80 Å². The molecule has 3 aromatic rings. The lowest BCUT2D eigenvalue weighted by atomic mass is 9.76. The fraction of sp³-hybridized carbons (Fsp3) is 0.381. The average Bonchev–Trinajstić information content (AvgIpc) is 3.33. The number of amides is 1. The molecular formula is C21H20F3N7O. The van der Waals surface area contributed by atoms with Crippen molar-refractivity contribution >= 4 is 11.7 Å². The molecular weight excluding hydrogens is 423 g/mol. The number of hydrogen-bond donors (Lipinski definition) is 1. The molecule has 4 heterocycles. The number of anilines is 1. The van der Waals surface area contributed by atoms with Crippen LogP contribution in [0.25, 0.3) is 5.69 Å². The van der Waals surface area contributed by atoms with Gasteiger partial charge in [-0.2, -0.15) is 28.2 Å². The van der Waals surface area contributed by atoms with E-state index in [-0.39, 0.29) is 23.8 Å². The highest BCUT2D eigenvalue weighted by Gasteiger charge is 2.43. The molecule has 2 aromatic heterocycles. The zero-order valence-corrected chi connectivity index (χ0v) is 16.9. The average molecular weight is 443 g/mol. The summed E-state index contributed by atoms with van der Waals surface area (Å²) in [5.74, 6) is 0.459. The molecule has 0 radical (unpaired) electrons. The van der Waals surface area contributed by atoms with Gasteiger partial charge < -0.3 is 10.2 Å². The number of hydrogen-bond acceptors (Lipinski definition) is 6. The van der Waals surface area contributed by atoms with Crippen LogP contribution < -0.4 is 5.32 Å². The maximum atomic E-state index is 13.5. The van der Waals surface area contributed by atoms with Crippen LogP contribution in [0.5, 0.6) is 0 Å². The van der Waals surface area contributed by atoms with Crippen LogP contribution >= 0.6 is 0 Å². The van der Waals surface area contributed by atoms with Crippen molar-refractivity contribution in [2.24, 2.45) is 5.92 Å². The quantitative estimate of drug-likeness (QED) is 0.666. The van der Waals surface area contributed by atoms with Crippen LogP contribution in [0.15, 0.2) is 49.1 Å².